The Labute approximate surface area is 229 Å². The Morgan fingerprint density at radius 3 is 2.38 bits per heavy atom. The average Bonchev–Trinajstić information content (AvgIpc) is 2.97. The molecule has 206 valence electrons. The molecule has 0 unspecified atom stereocenters. The number of nitrogens with zero attached hydrogens (tertiary/aromatic N) is 2. The molecule has 2 amide bonds. The minimum atomic E-state index is -0.481. The molecule has 0 atom stereocenters. The third-order valence-corrected chi connectivity index (χ3v) is 6.68. The second-order valence-corrected chi connectivity index (χ2v) is 9.30. The number of carbonyl (C=O) groups excluding carboxylic acids is 2. The van der Waals surface area contributed by atoms with Crippen LogP contribution in [0, 0.1) is 6.92 Å². The maximum absolute atomic E-state index is 13.1. The predicted molar refractivity (Wildman–Crippen MR) is 156 cm³/mol. The molecule has 3 heterocycles. The molecular weight excluding hydrogens is 492 g/mol. The zero-order valence-corrected chi connectivity index (χ0v) is 23.0. The van der Waals surface area contributed by atoms with E-state index in [2.05, 4.69) is 43.9 Å². The lowest BCUT2D eigenvalue weighted by atomic mass is 10.00. The zero-order valence-electron chi connectivity index (χ0n) is 23.0. The zero-order chi connectivity index (χ0) is 28.4. The number of H-pyrrole nitrogens is 1. The molecule has 9 heteroatoms. The summed E-state index contributed by atoms with van der Waals surface area (Å²) in [6.07, 6.45) is 4.44. The van der Waals surface area contributed by atoms with Gasteiger partial charge in [-0.15, -0.1) is 0 Å². The van der Waals surface area contributed by atoms with Crippen molar-refractivity contribution >= 4 is 17.6 Å². The SMILES string of the molecule is C=CC(N)=O.CCc1cc(CC)c(CNC(=O)c2cc(-c3ccc(N4CCNCC4)nc3)ccc2C)c(=O)[nH]1. The molecule has 39 heavy (non-hydrogen) atoms. The van der Waals surface area contributed by atoms with Crippen molar-refractivity contribution in [2.45, 2.75) is 40.2 Å². The smallest absolute Gasteiger partial charge is 0.253 e. The topological polar surface area (TPSA) is 133 Å². The van der Waals surface area contributed by atoms with Crippen molar-refractivity contribution in [3.63, 3.8) is 0 Å². The highest BCUT2D eigenvalue weighted by atomic mass is 16.2. The number of carbonyl (C=O) groups is 2. The summed E-state index contributed by atoms with van der Waals surface area (Å²) in [4.78, 5) is 44.9. The Kier molecular flexibility index (Phi) is 10.6. The van der Waals surface area contributed by atoms with Crippen molar-refractivity contribution in [2.24, 2.45) is 5.73 Å². The van der Waals surface area contributed by atoms with E-state index in [1.54, 1.807) is 0 Å². The van der Waals surface area contributed by atoms with Crippen LogP contribution in [0.1, 0.15) is 46.6 Å². The minimum absolute atomic E-state index is 0.127. The van der Waals surface area contributed by atoms with Crippen molar-refractivity contribution in [3.05, 3.63) is 93.6 Å². The summed E-state index contributed by atoms with van der Waals surface area (Å²) in [7, 11) is 0. The van der Waals surface area contributed by atoms with Gasteiger partial charge in [-0.25, -0.2) is 4.98 Å². The molecule has 1 aliphatic rings. The van der Waals surface area contributed by atoms with Gasteiger partial charge < -0.3 is 26.3 Å². The first-order chi connectivity index (χ1) is 18.8. The maximum Gasteiger partial charge on any atom is 0.253 e. The van der Waals surface area contributed by atoms with Gasteiger partial charge in [0.25, 0.3) is 11.5 Å². The normalized spacial score (nSPS) is 12.7. The van der Waals surface area contributed by atoms with Crippen LogP contribution in [0.5, 0.6) is 0 Å². The highest BCUT2D eigenvalue weighted by molar-refractivity contribution is 5.97. The highest BCUT2D eigenvalue weighted by Gasteiger charge is 2.15. The molecule has 0 aliphatic carbocycles. The summed E-state index contributed by atoms with van der Waals surface area (Å²) in [5.74, 6) is 0.303. The maximum atomic E-state index is 13.1. The van der Waals surface area contributed by atoms with Crippen LogP contribution in [-0.4, -0.2) is 48.0 Å². The van der Waals surface area contributed by atoms with E-state index in [0.717, 1.165) is 78.9 Å². The molecule has 2 aromatic heterocycles. The highest BCUT2D eigenvalue weighted by Crippen LogP contribution is 2.24. The van der Waals surface area contributed by atoms with Gasteiger partial charge in [0.1, 0.15) is 5.82 Å². The van der Waals surface area contributed by atoms with Crippen LogP contribution in [0.15, 0.2) is 60.0 Å². The first-order valence-corrected chi connectivity index (χ1v) is 13.2. The van der Waals surface area contributed by atoms with E-state index < -0.39 is 5.91 Å². The van der Waals surface area contributed by atoms with E-state index in [1.165, 1.54) is 0 Å². The molecule has 5 N–H and O–H groups in total. The molecule has 1 aromatic carbocycles. The van der Waals surface area contributed by atoms with Gasteiger partial charge in [-0.2, -0.15) is 0 Å². The molecule has 0 saturated carbocycles. The van der Waals surface area contributed by atoms with Crippen molar-refractivity contribution in [3.8, 4) is 11.1 Å². The lowest BCUT2D eigenvalue weighted by molar-refractivity contribution is -0.113. The van der Waals surface area contributed by atoms with Gasteiger partial charge in [0.15, 0.2) is 0 Å². The molecule has 4 rings (SSSR count). The summed E-state index contributed by atoms with van der Waals surface area (Å²) in [6, 6.07) is 12.0. The lowest BCUT2D eigenvalue weighted by Gasteiger charge is -2.28. The second kappa shape index (κ2) is 14.1. The number of anilines is 1. The molecule has 1 saturated heterocycles. The monoisotopic (exact) mass is 530 g/mol. The summed E-state index contributed by atoms with van der Waals surface area (Å²) >= 11 is 0. The summed E-state index contributed by atoms with van der Waals surface area (Å²) in [5, 5.41) is 6.31. The fourth-order valence-corrected chi connectivity index (χ4v) is 4.35. The fourth-order valence-electron chi connectivity index (χ4n) is 4.35. The van der Waals surface area contributed by atoms with Gasteiger partial charge in [0, 0.05) is 61.3 Å². The van der Waals surface area contributed by atoms with E-state index in [4.69, 9.17) is 0 Å². The number of primary amides is 1. The lowest BCUT2D eigenvalue weighted by Crippen LogP contribution is -2.43. The number of aromatic nitrogens is 2. The third kappa shape index (κ3) is 7.87. The van der Waals surface area contributed by atoms with E-state index >= 15 is 0 Å². The Morgan fingerprint density at radius 1 is 1.10 bits per heavy atom. The van der Waals surface area contributed by atoms with E-state index in [9.17, 15) is 14.4 Å². The van der Waals surface area contributed by atoms with E-state index in [0.29, 0.717) is 11.1 Å². The molecular formula is C30H38N6O3. The quantitative estimate of drug-likeness (QED) is 0.331. The second-order valence-electron chi connectivity index (χ2n) is 9.30. The van der Waals surface area contributed by atoms with Crippen LogP contribution in [0.3, 0.4) is 0 Å². The Balaban J connectivity index is 0.000000771. The predicted octanol–water partition coefficient (Wildman–Crippen LogP) is 2.87. The van der Waals surface area contributed by atoms with Crippen LogP contribution in [0.25, 0.3) is 11.1 Å². The third-order valence-electron chi connectivity index (χ3n) is 6.68. The molecule has 0 radical (unpaired) electrons. The number of pyridine rings is 2. The largest absolute Gasteiger partial charge is 0.366 e. The van der Waals surface area contributed by atoms with Crippen LogP contribution >= 0.6 is 0 Å². The first kappa shape index (κ1) is 29.3. The van der Waals surface area contributed by atoms with Crippen LogP contribution in [0.4, 0.5) is 5.82 Å². The number of hydrogen-bond acceptors (Lipinski definition) is 6. The van der Waals surface area contributed by atoms with Crippen LogP contribution in [-0.2, 0) is 24.2 Å². The number of nitrogens with one attached hydrogen (secondary N) is 3. The number of nitrogens with two attached hydrogens (primary N) is 1. The van der Waals surface area contributed by atoms with E-state index in [-0.39, 0.29) is 18.0 Å². The van der Waals surface area contributed by atoms with Gasteiger partial charge >= 0.3 is 0 Å². The van der Waals surface area contributed by atoms with Gasteiger partial charge in [-0.3, -0.25) is 14.4 Å². The number of rotatable bonds is 8. The standard InChI is InChI=1S/C27H33N5O2.C3H5NO/c1-4-19-14-22(5-2)31-27(34)24(19)17-30-26(33)23-15-20(7-6-18(23)3)21-8-9-25(29-16-21)32-12-10-28-11-13-32;1-2-3(4)5/h6-9,14-16,28H,4-5,10-13,17H2,1-3H3,(H,30,33)(H,31,34);2H,1H2,(H2,4,5). The van der Waals surface area contributed by atoms with Crippen LogP contribution < -0.4 is 26.8 Å². The van der Waals surface area contributed by atoms with E-state index in [1.807, 2.05) is 57.3 Å². The molecule has 1 fully saturated rings. The number of piperazine rings is 1. The fraction of sp³-hybridized carbons (Fsp3) is 0.333. The van der Waals surface area contributed by atoms with Crippen molar-refractivity contribution in [1.82, 2.24) is 20.6 Å². The molecule has 3 aromatic rings. The number of benzene rings is 1. The molecule has 1 aliphatic heterocycles. The summed E-state index contributed by atoms with van der Waals surface area (Å²) < 4.78 is 0. The Bertz CT molecular complexity index is 1360. The number of aromatic amines is 1. The number of hydrogen-bond donors (Lipinski definition) is 4. The summed E-state index contributed by atoms with van der Waals surface area (Å²) in [6.45, 7) is 13.1. The van der Waals surface area contributed by atoms with Gasteiger partial charge in [0.05, 0.1) is 0 Å². The van der Waals surface area contributed by atoms with Crippen molar-refractivity contribution < 1.29 is 9.59 Å². The molecule has 0 bridgehead atoms. The first-order valence-electron chi connectivity index (χ1n) is 13.2. The number of aryl methyl sites for hydroxylation is 3. The van der Waals surface area contributed by atoms with Crippen molar-refractivity contribution in [2.75, 3.05) is 31.1 Å². The van der Waals surface area contributed by atoms with Crippen LogP contribution in [0.2, 0.25) is 0 Å². The molecule has 0 spiro atoms. The minimum Gasteiger partial charge on any atom is -0.366 e. The average molecular weight is 531 g/mol. The van der Waals surface area contributed by atoms with Gasteiger partial charge in [0.2, 0.25) is 5.91 Å². The molecule has 9 nitrogen and oxygen atoms in total. The number of amides is 2. The van der Waals surface area contributed by atoms with Gasteiger partial charge in [-0.05, 0) is 66.8 Å². The summed E-state index contributed by atoms with van der Waals surface area (Å²) in [5.41, 5.74) is 10.3. The Hall–Kier alpha value is -4.24. The van der Waals surface area contributed by atoms with Crippen molar-refractivity contribution in [1.29, 1.82) is 0 Å². The van der Waals surface area contributed by atoms with Gasteiger partial charge in [-0.1, -0.05) is 32.6 Å². The Morgan fingerprint density at radius 2 is 1.79 bits per heavy atom.